The SMILES string of the molecule is CC.CCC1CCN(c2cccc(Cl)c2)CC1. The summed E-state index contributed by atoms with van der Waals surface area (Å²) in [5.74, 6) is 0.931. The Morgan fingerprint density at radius 1 is 1.24 bits per heavy atom. The third kappa shape index (κ3) is 4.23. The number of halogens is 1. The highest BCUT2D eigenvalue weighted by atomic mass is 35.5. The van der Waals surface area contributed by atoms with Crippen molar-refractivity contribution in [2.75, 3.05) is 18.0 Å². The fraction of sp³-hybridized carbons (Fsp3) is 0.600. The van der Waals surface area contributed by atoms with Gasteiger partial charge in [0.2, 0.25) is 0 Å². The van der Waals surface area contributed by atoms with Gasteiger partial charge in [-0.05, 0) is 37.0 Å². The van der Waals surface area contributed by atoms with E-state index < -0.39 is 0 Å². The van der Waals surface area contributed by atoms with E-state index in [1.54, 1.807) is 0 Å². The second-order valence-corrected chi connectivity index (χ2v) is 4.75. The summed E-state index contributed by atoms with van der Waals surface area (Å²) in [4.78, 5) is 2.44. The Labute approximate surface area is 111 Å². The van der Waals surface area contributed by atoms with Crippen LogP contribution in [-0.2, 0) is 0 Å². The first-order valence-corrected chi connectivity index (χ1v) is 7.18. The first-order valence-electron chi connectivity index (χ1n) is 6.80. The summed E-state index contributed by atoms with van der Waals surface area (Å²) in [6.07, 6.45) is 3.97. The average molecular weight is 254 g/mol. The van der Waals surface area contributed by atoms with Crippen LogP contribution in [0.1, 0.15) is 40.0 Å². The molecule has 0 bridgehead atoms. The van der Waals surface area contributed by atoms with Crippen molar-refractivity contribution in [1.29, 1.82) is 0 Å². The molecule has 0 radical (unpaired) electrons. The van der Waals surface area contributed by atoms with Crippen LogP contribution >= 0.6 is 11.6 Å². The second kappa shape index (κ2) is 7.60. The molecule has 0 atom stereocenters. The Bertz CT molecular complexity index is 316. The van der Waals surface area contributed by atoms with Gasteiger partial charge >= 0.3 is 0 Å². The molecule has 17 heavy (non-hydrogen) atoms. The molecular formula is C15H24ClN. The van der Waals surface area contributed by atoms with E-state index in [-0.39, 0.29) is 0 Å². The standard InChI is InChI=1S/C13H18ClN.C2H6/c1-2-11-6-8-15(9-7-11)13-5-3-4-12(14)10-13;1-2/h3-5,10-11H,2,6-9H2,1H3;1-2H3. The molecule has 1 saturated heterocycles. The fourth-order valence-electron chi connectivity index (χ4n) is 2.27. The first kappa shape index (κ1) is 14.4. The van der Waals surface area contributed by atoms with Crippen molar-refractivity contribution < 1.29 is 0 Å². The molecular weight excluding hydrogens is 230 g/mol. The quantitative estimate of drug-likeness (QED) is 0.718. The number of anilines is 1. The van der Waals surface area contributed by atoms with E-state index in [9.17, 15) is 0 Å². The third-order valence-corrected chi connectivity index (χ3v) is 3.60. The van der Waals surface area contributed by atoms with Crippen molar-refractivity contribution in [2.24, 2.45) is 5.92 Å². The normalized spacial score (nSPS) is 16.4. The molecule has 96 valence electrons. The number of nitrogens with zero attached hydrogens (tertiary/aromatic N) is 1. The molecule has 1 fully saturated rings. The Morgan fingerprint density at radius 2 is 1.88 bits per heavy atom. The van der Waals surface area contributed by atoms with Crippen LogP contribution < -0.4 is 4.90 Å². The van der Waals surface area contributed by atoms with Gasteiger partial charge in [-0.15, -0.1) is 0 Å². The largest absolute Gasteiger partial charge is 0.371 e. The van der Waals surface area contributed by atoms with Gasteiger partial charge in [-0.1, -0.05) is 44.9 Å². The Balaban J connectivity index is 0.000000686. The molecule has 0 aromatic heterocycles. The van der Waals surface area contributed by atoms with Crippen LogP contribution in [-0.4, -0.2) is 13.1 Å². The summed E-state index contributed by atoms with van der Waals surface area (Å²) >= 11 is 5.99. The maximum atomic E-state index is 5.99. The Morgan fingerprint density at radius 3 is 2.41 bits per heavy atom. The van der Waals surface area contributed by atoms with Gasteiger partial charge in [0, 0.05) is 23.8 Å². The zero-order valence-corrected chi connectivity index (χ0v) is 12.0. The zero-order valence-electron chi connectivity index (χ0n) is 11.2. The van der Waals surface area contributed by atoms with E-state index in [4.69, 9.17) is 11.6 Å². The predicted molar refractivity (Wildman–Crippen MR) is 78.0 cm³/mol. The number of benzene rings is 1. The number of piperidine rings is 1. The lowest BCUT2D eigenvalue weighted by molar-refractivity contribution is 0.395. The minimum atomic E-state index is 0.838. The third-order valence-electron chi connectivity index (χ3n) is 3.37. The molecule has 1 nitrogen and oxygen atoms in total. The van der Waals surface area contributed by atoms with E-state index in [0.29, 0.717) is 0 Å². The molecule has 2 rings (SSSR count). The van der Waals surface area contributed by atoms with Crippen LogP contribution in [0.2, 0.25) is 5.02 Å². The van der Waals surface area contributed by atoms with E-state index >= 15 is 0 Å². The zero-order chi connectivity index (χ0) is 12.7. The smallest absolute Gasteiger partial charge is 0.0426 e. The summed E-state index contributed by atoms with van der Waals surface area (Å²) in [5.41, 5.74) is 1.28. The molecule has 1 aromatic rings. The predicted octanol–water partition coefficient (Wildman–Crippen LogP) is 4.99. The highest BCUT2D eigenvalue weighted by Crippen LogP contribution is 2.26. The maximum Gasteiger partial charge on any atom is 0.0426 e. The first-order chi connectivity index (χ1) is 8.29. The van der Waals surface area contributed by atoms with Crippen molar-refractivity contribution in [2.45, 2.75) is 40.0 Å². The van der Waals surface area contributed by atoms with Crippen molar-refractivity contribution >= 4 is 17.3 Å². The summed E-state index contributed by atoms with van der Waals surface area (Å²) in [6.45, 7) is 8.65. The molecule has 0 amide bonds. The topological polar surface area (TPSA) is 3.24 Å². The molecule has 0 spiro atoms. The van der Waals surface area contributed by atoms with Gasteiger partial charge in [-0.3, -0.25) is 0 Å². The van der Waals surface area contributed by atoms with Crippen molar-refractivity contribution in [1.82, 2.24) is 0 Å². The lowest BCUT2D eigenvalue weighted by Crippen LogP contribution is -2.33. The lowest BCUT2D eigenvalue weighted by atomic mass is 9.94. The van der Waals surface area contributed by atoms with E-state index in [1.807, 2.05) is 26.0 Å². The molecule has 1 heterocycles. The lowest BCUT2D eigenvalue weighted by Gasteiger charge is -2.33. The molecule has 0 saturated carbocycles. The van der Waals surface area contributed by atoms with Gasteiger partial charge in [0.15, 0.2) is 0 Å². The van der Waals surface area contributed by atoms with Crippen molar-refractivity contribution in [3.05, 3.63) is 29.3 Å². The number of rotatable bonds is 2. The Hall–Kier alpha value is -0.690. The number of hydrogen-bond donors (Lipinski definition) is 0. The molecule has 1 aliphatic rings. The van der Waals surface area contributed by atoms with E-state index in [0.717, 1.165) is 10.9 Å². The molecule has 0 N–H and O–H groups in total. The van der Waals surface area contributed by atoms with E-state index in [2.05, 4.69) is 24.0 Å². The monoisotopic (exact) mass is 253 g/mol. The van der Waals surface area contributed by atoms with Gasteiger partial charge in [-0.2, -0.15) is 0 Å². The summed E-state index contributed by atoms with van der Waals surface area (Å²) < 4.78 is 0. The highest BCUT2D eigenvalue weighted by molar-refractivity contribution is 6.30. The van der Waals surface area contributed by atoms with Crippen LogP contribution in [0.4, 0.5) is 5.69 Å². The Kier molecular flexibility index (Phi) is 6.43. The minimum absolute atomic E-state index is 0.838. The van der Waals surface area contributed by atoms with Gasteiger partial charge in [0.1, 0.15) is 0 Å². The van der Waals surface area contributed by atoms with Crippen molar-refractivity contribution in [3.8, 4) is 0 Å². The molecule has 1 aromatic carbocycles. The van der Waals surface area contributed by atoms with Gasteiger partial charge < -0.3 is 4.90 Å². The van der Waals surface area contributed by atoms with Crippen LogP contribution in [0.15, 0.2) is 24.3 Å². The molecule has 1 aliphatic heterocycles. The van der Waals surface area contributed by atoms with Gasteiger partial charge in [0.05, 0.1) is 0 Å². The van der Waals surface area contributed by atoms with Gasteiger partial charge in [-0.25, -0.2) is 0 Å². The van der Waals surface area contributed by atoms with Crippen LogP contribution in [0, 0.1) is 5.92 Å². The summed E-state index contributed by atoms with van der Waals surface area (Å²) in [5, 5.41) is 0.838. The summed E-state index contributed by atoms with van der Waals surface area (Å²) in [7, 11) is 0. The molecule has 0 unspecified atom stereocenters. The molecule has 2 heteroatoms. The highest BCUT2D eigenvalue weighted by Gasteiger charge is 2.17. The van der Waals surface area contributed by atoms with Crippen LogP contribution in [0.3, 0.4) is 0 Å². The average Bonchev–Trinajstić information content (AvgIpc) is 2.41. The van der Waals surface area contributed by atoms with Crippen LogP contribution in [0.5, 0.6) is 0 Å². The number of hydrogen-bond acceptors (Lipinski definition) is 1. The fourth-order valence-corrected chi connectivity index (χ4v) is 2.46. The van der Waals surface area contributed by atoms with Crippen LogP contribution in [0.25, 0.3) is 0 Å². The van der Waals surface area contributed by atoms with Gasteiger partial charge in [0.25, 0.3) is 0 Å². The minimum Gasteiger partial charge on any atom is -0.371 e. The summed E-state index contributed by atoms with van der Waals surface area (Å²) in [6, 6.07) is 8.18. The molecule has 0 aliphatic carbocycles. The van der Waals surface area contributed by atoms with E-state index in [1.165, 1.54) is 38.0 Å². The second-order valence-electron chi connectivity index (χ2n) is 4.32. The maximum absolute atomic E-state index is 5.99. The van der Waals surface area contributed by atoms with Crippen molar-refractivity contribution in [3.63, 3.8) is 0 Å².